The van der Waals surface area contributed by atoms with E-state index in [0.29, 0.717) is 18.3 Å². The summed E-state index contributed by atoms with van der Waals surface area (Å²) in [6, 6.07) is 0. The summed E-state index contributed by atoms with van der Waals surface area (Å²) in [4.78, 5) is 24.6. The first-order valence-corrected chi connectivity index (χ1v) is 6.75. The molecule has 2 atom stereocenters. The van der Waals surface area contributed by atoms with Crippen molar-refractivity contribution in [1.29, 1.82) is 0 Å². The summed E-state index contributed by atoms with van der Waals surface area (Å²) in [6.07, 6.45) is 5.11. The lowest BCUT2D eigenvalue weighted by molar-refractivity contribution is -0.155. The third kappa shape index (κ3) is 3.47. The fourth-order valence-corrected chi connectivity index (χ4v) is 2.58. The van der Waals surface area contributed by atoms with Crippen molar-refractivity contribution in [2.75, 3.05) is 7.05 Å². The Labute approximate surface area is 109 Å². The summed E-state index contributed by atoms with van der Waals surface area (Å²) in [5, 5.41) is 9.11. The fraction of sp³-hybridized carbons (Fsp3) is 0.857. The molecule has 1 saturated carbocycles. The third-order valence-electron chi connectivity index (χ3n) is 4.24. The molecule has 1 rings (SSSR count). The first-order chi connectivity index (χ1) is 8.25. The van der Waals surface area contributed by atoms with E-state index in [0.717, 1.165) is 12.8 Å². The Morgan fingerprint density at radius 2 is 1.94 bits per heavy atom. The van der Waals surface area contributed by atoms with E-state index < -0.39 is 11.5 Å². The largest absolute Gasteiger partial charge is 0.480 e. The second kappa shape index (κ2) is 5.72. The monoisotopic (exact) mass is 255 g/mol. The normalized spacial score (nSPS) is 24.7. The van der Waals surface area contributed by atoms with Crippen molar-refractivity contribution in [1.82, 2.24) is 4.90 Å². The van der Waals surface area contributed by atoms with Crippen LogP contribution in [0.1, 0.15) is 52.9 Å². The van der Waals surface area contributed by atoms with Gasteiger partial charge in [0.15, 0.2) is 0 Å². The summed E-state index contributed by atoms with van der Waals surface area (Å²) < 4.78 is 0. The number of carbonyl (C=O) groups excluding carboxylic acids is 1. The van der Waals surface area contributed by atoms with Gasteiger partial charge in [-0.05, 0) is 38.5 Å². The van der Waals surface area contributed by atoms with E-state index in [1.165, 1.54) is 17.7 Å². The van der Waals surface area contributed by atoms with Gasteiger partial charge in [0, 0.05) is 13.5 Å². The summed E-state index contributed by atoms with van der Waals surface area (Å²) >= 11 is 0. The smallest absolute Gasteiger partial charge is 0.329 e. The highest BCUT2D eigenvalue weighted by Crippen LogP contribution is 2.31. The molecule has 0 bridgehead atoms. The Kier molecular flexibility index (Phi) is 4.77. The summed E-state index contributed by atoms with van der Waals surface area (Å²) in [5.74, 6) is 0.0968. The van der Waals surface area contributed by atoms with Crippen LogP contribution in [0.2, 0.25) is 0 Å². The molecule has 0 aromatic rings. The molecule has 0 saturated heterocycles. The lowest BCUT2D eigenvalue weighted by Crippen LogP contribution is -2.51. The van der Waals surface area contributed by atoms with Gasteiger partial charge in [0.1, 0.15) is 5.54 Å². The molecule has 1 N–H and O–H groups in total. The molecule has 0 aromatic carbocycles. The third-order valence-corrected chi connectivity index (χ3v) is 4.24. The molecular weight excluding hydrogens is 230 g/mol. The van der Waals surface area contributed by atoms with E-state index >= 15 is 0 Å². The van der Waals surface area contributed by atoms with Gasteiger partial charge in [-0.2, -0.15) is 0 Å². The Hall–Kier alpha value is -1.06. The number of amides is 1. The molecule has 0 aromatic heterocycles. The maximum absolute atomic E-state index is 12.1. The molecule has 0 radical (unpaired) electrons. The average molecular weight is 255 g/mol. The average Bonchev–Trinajstić information content (AvgIpc) is 2.27. The molecule has 2 unspecified atom stereocenters. The lowest BCUT2D eigenvalue weighted by Gasteiger charge is -2.34. The molecule has 18 heavy (non-hydrogen) atoms. The zero-order valence-electron chi connectivity index (χ0n) is 11.9. The van der Waals surface area contributed by atoms with Crippen molar-refractivity contribution in [3.63, 3.8) is 0 Å². The highest BCUT2D eigenvalue weighted by molar-refractivity contribution is 5.86. The van der Waals surface area contributed by atoms with Crippen molar-refractivity contribution in [2.24, 2.45) is 11.8 Å². The lowest BCUT2D eigenvalue weighted by atomic mass is 9.80. The van der Waals surface area contributed by atoms with Crippen LogP contribution in [0, 0.1) is 11.8 Å². The van der Waals surface area contributed by atoms with Crippen molar-refractivity contribution < 1.29 is 14.7 Å². The number of hydrogen-bond donors (Lipinski definition) is 1. The summed E-state index contributed by atoms with van der Waals surface area (Å²) in [6.45, 7) is 5.36. The van der Waals surface area contributed by atoms with Crippen molar-refractivity contribution in [2.45, 2.75) is 58.4 Å². The van der Waals surface area contributed by atoms with E-state index in [9.17, 15) is 9.59 Å². The molecule has 1 fully saturated rings. The molecule has 1 aliphatic carbocycles. The van der Waals surface area contributed by atoms with Crippen LogP contribution >= 0.6 is 0 Å². The van der Waals surface area contributed by atoms with Gasteiger partial charge < -0.3 is 10.0 Å². The van der Waals surface area contributed by atoms with Crippen LogP contribution < -0.4 is 0 Å². The second-order valence-corrected chi connectivity index (χ2v) is 6.16. The Morgan fingerprint density at radius 3 is 2.44 bits per heavy atom. The molecule has 0 spiro atoms. The van der Waals surface area contributed by atoms with Gasteiger partial charge in [-0.1, -0.05) is 19.8 Å². The van der Waals surface area contributed by atoms with Crippen LogP contribution in [0.15, 0.2) is 0 Å². The minimum absolute atomic E-state index is 0.0542. The first-order valence-electron chi connectivity index (χ1n) is 6.75. The molecule has 0 aliphatic heterocycles. The minimum atomic E-state index is -1.13. The number of hydrogen-bond acceptors (Lipinski definition) is 2. The van der Waals surface area contributed by atoms with Crippen LogP contribution in [0.4, 0.5) is 0 Å². The quantitative estimate of drug-likeness (QED) is 0.839. The highest BCUT2D eigenvalue weighted by atomic mass is 16.4. The number of likely N-dealkylation sites (N-methyl/N-ethyl adjacent to an activating group) is 1. The molecular formula is C14H25NO3. The van der Waals surface area contributed by atoms with Crippen molar-refractivity contribution in [3.05, 3.63) is 0 Å². The van der Waals surface area contributed by atoms with Gasteiger partial charge in [0.25, 0.3) is 0 Å². The Morgan fingerprint density at radius 1 is 1.33 bits per heavy atom. The molecule has 0 heterocycles. The zero-order chi connectivity index (χ0) is 13.9. The molecule has 4 heteroatoms. The molecule has 4 nitrogen and oxygen atoms in total. The predicted molar refractivity (Wildman–Crippen MR) is 70.2 cm³/mol. The van der Waals surface area contributed by atoms with Gasteiger partial charge >= 0.3 is 5.97 Å². The number of rotatable bonds is 4. The number of nitrogens with zero attached hydrogens (tertiary/aromatic N) is 1. The van der Waals surface area contributed by atoms with Crippen LogP contribution in [-0.4, -0.2) is 34.5 Å². The highest BCUT2D eigenvalue weighted by Gasteiger charge is 2.36. The van der Waals surface area contributed by atoms with Gasteiger partial charge in [0.2, 0.25) is 5.91 Å². The van der Waals surface area contributed by atoms with Gasteiger partial charge in [-0.3, -0.25) is 4.79 Å². The minimum Gasteiger partial charge on any atom is -0.480 e. The number of carbonyl (C=O) groups is 2. The number of aliphatic carboxylic acids is 1. The van der Waals surface area contributed by atoms with Gasteiger partial charge in [-0.25, -0.2) is 4.79 Å². The van der Waals surface area contributed by atoms with Crippen LogP contribution in [0.25, 0.3) is 0 Å². The standard InChI is InChI=1S/C14H25NO3/c1-10-6-5-7-11(8-10)9-12(16)15(4)14(2,3)13(17)18/h10-11H,5-9H2,1-4H3,(H,17,18). The van der Waals surface area contributed by atoms with Crippen LogP contribution in [0.3, 0.4) is 0 Å². The summed E-state index contributed by atoms with van der Waals surface area (Å²) in [5.41, 5.74) is -1.13. The molecule has 1 aliphatic rings. The van der Waals surface area contributed by atoms with E-state index in [4.69, 9.17) is 5.11 Å². The van der Waals surface area contributed by atoms with E-state index in [-0.39, 0.29) is 5.91 Å². The topological polar surface area (TPSA) is 57.6 Å². The SMILES string of the molecule is CC1CCCC(CC(=O)N(C)C(C)(C)C(=O)O)C1. The Balaban J connectivity index is 2.57. The van der Waals surface area contributed by atoms with E-state index in [2.05, 4.69) is 6.92 Å². The number of carboxylic acids is 1. The van der Waals surface area contributed by atoms with Crippen molar-refractivity contribution >= 4 is 11.9 Å². The fourth-order valence-electron chi connectivity index (χ4n) is 2.58. The van der Waals surface area contributed by atoms with Gasteiger partial charge in [-0.15, -0.1) is 0 Å². The predicted octanol–water partition coefficient (Wildman–Crippen LogP) is 2.52. The zero-order valence-corrected chi connectivity index (χ0v) is 11.9. The maximum atomic E-state index is 12.1. The molecule has 104 valence electrons. The van der Waals surface area contributed by atoms with Crippen LogP contribution in [-0.2, 0) is 9.59 Å². The molecule has 1 amide bonds. The Bertz CT molecular complexity index is 325. The summed E-state index contributed by atoms with van der Waals surface area (Å²) in [7, 11) is 1.59. The first kappa shape index (κ1) is 15.0. The van der Waals surface area contributed by atoms with Gasteiger partial charge in [0.05, 0.1) is 0 Å². The van der Waals surface area contributed by atoms with Crippen molar-refractivity contribution in [3.8, 4) is 0 Å². The second-order valence-electron chi connectivity index (χ2n) is 6.16. The number of carboxylic acid groups (broad SMARTS) is 1. The van der Waals surface area contributed by atoms with Crippen LogP contribution in [0.5, 0.6) is 0 Å². The van der Waals surface area contributed by atoms with E-state index in [1.807, 2.05) is 0 Å². The maximum Gasteiger partial charge on any atom is 0.329 e. The van der Waals surface area contributed by atoms with E-state index in [1.54, 1.807) is 20.9 Å².